The zero-order valence-electron chi connectivity index (χ0n) is 18.4. The lowest BCUT2D eigenvalue weighted by Gasteiger charge is -2.40. The van der Waals surface area contributed by atoms with Crippen LogP contribution in [0.4, 0.5) is 10.1 Å². The first kappa shape index (κ1) is 25.1. The number of aliphatic hydroxyl groups excluding tert-OH is 1. The van der Waals surface area contributed by atoms with E-state index in [-0.39, 0.29) is 35.7 Å². The standard InChI is InChI=1S/C22H29FN4O5S/c1-16-12-26(14-22(29)25-17-6-8-19(9-7-17)33(24,30)31)10-11-27(16)13-18(28)15-32-21-5-3-2-4-20(21)23/h2-9,16,18,28H,10-15H2,1H3,(H,25,29)(H2,24,30,31). The van der Waals surface area contributed by atoms with E-state index in [2.05, 4.69) is 10.2 Å². The number of nitrogens with zero attached hydrogens (tertiary/aromatic N) is 2. The van der Waals surface area contributed by atoms with Gasteiger partial charge in [-0.2, -0.15) is 0 Å². The highest BCUT2D eigenvalue weighted by molar-refractivity contribution is 7.89. The van der Waals surface area contributed by atoms with Gasteiger partial charge in [-0.15, -0.1) is 0 Å². The zero-order valence-corrected chi connectivity index (χ0v) is 19.2. The Balaban J connectivity index is 1.42. The quantitative estimate of drug-likeness (QED) is 0.486. The lowest BCUT2D eigenvalue weighted by molar-refractivity contribution is -0.118. The third-order valence-electron chi connectivity index (χ3n) is 5.40. The number of primary sulfonamides is 1. The number of piperazine rings is 1. The number of hydrogen-bond acceptors (Lipinski definition) is 7. The van der Waals surface area contributed by atoms with Gasteiger partial charge in [-0.3, -0.25) is 14.6 Å². The zero-order chi connectivity index (χ0) is 24.0. The van der Waals surface area contributed by atoms with E-state index in [1.807, 2.05) is 11.8 Å². The smallest absolute Gasteiger partial charge is 0.238 e. The van der Waals surface area contributed by atoms with Crippen molar-refractivity contribution in [1.82, 2.24) is 9.80 Å². The first-order valence-corrected chi connectivity index (χ1v) is 12.1. The third kappa shape index (κ3) is 7.47. The summed E-state index contributed by atoms with van der Waals surface area (Å²) in [7, 11) is -3.78. The highest BCUT2D eigenvalue weighted by Gasteiger charge is 2.26. The van der Waals surface area contributed by atoms with Gasteiger partial charge in [0.2, 0.25) is 15.9 Å². The molecule has 11 heteroatoms. The number of anilines is 1. The van der Waals surface area contributed by atoms with Crippen LogP contribution in [0.15, 0.2) is 53.4 Å². The summed E-state index contributed by atoms with van der Waals surface area (Å²) in [5.74, 6) is -0.567. The summed E-state index contributed by atoms with van der Waals surface area (Å²) >= 11 is 0. The molecule has 1 saturated heterocycles. The van der Waals surface area contributed by atoms with Crippen molar-refractivity contribution in [3.8, 4) is 5.75 Å². The lowest BCUT2D eigenvalue weighted by Crippen LogP contribution is -2.55. The Morgan fingerprint density at radius 3 is 2.58 bits per heavy atom. The second-order valence-electron chi connectivity index (χ2n) is 8.09. The van der Waals surface area contributed by atoms with E-state index in [9.17, 15) is 22.7 Å². The molecule has 4 N–H and O–H groups in total. The van der Waals surface area contributed by atoms with Gasteiger partial charge >= 0.3 is 0 Å². The van der Waals surface area contributed by atoms with Gasteiger partial charge in [0.15, 0.2) is 11.6 Å². The monoisotopic (exact) mass is 480 g/mol. The number of nitrogens with one attached hydrogen (secondary N) is 1. The summed E-state index contributed by atoms with van der Waals surface area (Å²) in [6.45, 7) is 4.51. The summed E-state index contributed by atoms with van der Waals surface area (Å²) in [5, 5.41) is 18.1. The molecule has 0 bridgehead atoms. The number of rotatable bonds is 9. The Hall–Kier alpha value is -2.57. The summed E-state index contributed by atoms with van der Waals surface area (Å²) < 4.78 is 41.6. The van der Waals surface area contributed by atoms with E-state index < -0.39 is 21.9 Å². The van der Waals surface area contributed by atoms with Crippen LogP contribution in [0.25, 0.3) is 0 Å². The van der Waals surface area contributed by atoms with Crippen molar-refractivity contribution in [3.05, 3.63) is 54.3 Å². The topological polar surface area (TPSA) is 125 Å². The molecule has 1 fully saturated rings. The molecule has 1 aliphatic heterocycles. The molecular formula is C22H29FN4O5S. The highest BCUT2D eigenvalue weighted by atomic mass is 32.2. The molecule has 1 heterocycles. The molecule has 1 amide bonds. The van der Waals surface area contributed by atoms with E-state index in [0.29, 0.717) is 31.9 Å². The molecule has 0 spiro atoms. The minimum Gasteiger partial charge on any atom is -0.488 e. The molecule has 0 aliphatic carbocycles. The molecule has 0 radical (unpaired) electrons. The molecular weight excluding hydrogens is 451 g/mol. The van der Waals surface area contributed by atoms with Crippen LogP contribution in [0.1, 0.15) is 6.92 Å². The molecule has 0 saturated carbocycles. The van der Waals surface area contributed by atoms with Crippen LogP contribution in [0.5, 0.6) is 5.75 Å². The van der Waals surface area contributed by atoms with E-state index in [1.54, 1.807) is 12.1 Å². The predicted molar refractivity (Wildman–Crippen MR) is 122 cm³/mol. The van der Waals surface area contributed by atoms with E-state index in [1.165, 1.54) is 36.4 Å². The molecule has 2 atom stereocenters. The average Bonchev–Trinajstić information content (AvgIpc) is 2.75. The number of halogens is 1. The number of carbonyl (C=O) groups excluding carboxylic acids is 1. The van der Waals surface area contributed by atoms with Gasteiger partial charge in [-0.1, -0.05) is 12.1 Å². The number of benzene rings is 2. The maximum atomic E-state index is 13.6. The Morgan fingerprint density at radius 2 is 1.94 bits per heavy atom. The van der Waals surface area contributed by atoms with E-state index >= 15 is 0 Å². The van der Waals surface area contributed by atoms with Crippen molar-refractivity contribution in [3.63, 3.8) is 0 Å². The first-order valence-electron chi connectivity index (χ1n) is 10.6. The minimum absolute atomic E-state index is 0.0134. The molecule has 33 heavy (non-hydrogen) atoms. The summed E-state index contributed by atoms with van der Waals surface area (Å²) in [4.78, 5) is 16.5. The molecule has 2 aromatic rings. The van der Waals surface area contributed by atoms with Crippen LogP contribution in [-0.4, -0.2) is 80.7 Å². The van der Waals surface area contributed by atoms with Crippen LogP contribution >= 0.6 is 0 Å². The van der Waals surface area contributed by atoms with Gasteiger partial charge in [0.25, 0.3) is 0 Å². The molecule has 3 rings (SSSR count). The molecule has 9 nitrogen and oxygen atoms in total. The number of ether oxygens (including phenoxy) is 1. The summed E-state index contributed by atoms with van der Waals surface area (Å²) in [5.41, 5.74) is 0.483. The van der Waals surface area contributed by atoms with Crippen LogP contribution in [-0.2, 0) is 14.8 Å². The average molecular weight is 481 g/mol. The van der Waals surface area contributed by atoms with Gasteiger partial charge in [-0.05, 0) is 43.3 Å². The highest BCUT2D eigenvalue weighted by Crippen LogP contribution is 2.17. The van der Waals surface area contributed by atoms with Crippen molar-refractivity contribution < 1.29 is 27.4 Å². The SMILES string of the molecule is CC1CN(CC(=O)Nc2ccc(S(N)(=O)=O)cc2)CCN1CC(O)COc1ccccc1F. The molecule has 180 valence electrons. The number of β-amino-alcohol motifs (C(OH)–C–C–N with tert-alkyl or cyclic N) is 1. The van der Waals surface area contributed by atoms with Gasteiger partial charge in [0.1, 0.15) is 12.7 Å². The van der Waals surface area contributed by atoms with Gasteiger partial charge in [0, 0.05) is 37.9 Å². The van der Waals surface area contributed by atoms with Crippen LogP contribution in [0.2, 0.25) is 0 Å². The maximum Gasteiger partial charge on any atom is 0.238 e. The number of nitrogens with two attached hydrogens (primary N) is 1. The second kappa shape index (κ2) is 11.0. The number of amides is 1. The number of sulfonamides is 1. The third-order valence-corrected chi connectivity index (χ3v) is 6.33. The molecule has 2 unspecified atom stereocenters. The lowest BCUT2D eigenvalue weighted by atomic mass is 10.1. The van der Waals surface area contributed by atoms with Crippen molar-refractivity contribution in [2.45, 2.75) is 24.0 Å². The molecule has 2 aromatic carbocycles. The number of para-hydroxylation sites is 1. The number of carbonyl (C=O) groups is 1. The Labute approximate surface area is 193 Å². The molecule has 0 aromatic heterocycles. The fraction of sp³-hybridized carbons (Fsp3) is 0.409. The van der Waals surface area contributed by atoms with Gasteiger partial charge in [-0.25, -0.2) is 17.9 Å². The van der Waals surface area contributed by atoms with Crippen molar-refractivity contribution >= 4 is 21.6 Å². The number of hydrogen-bond donors (Lipinski definition) is 3. The van der Waals surface area contributed by atoms with Crippen molar-refractivity contribution in [2.75, 3.05) is 44.6 Å². The van der Waals surface area contributed by atoms with E-state index in [0.717, 1.165) is 0 Å². The fourth-order valence-corrected chi connectivity index (χ4v) is 4.20. The van der Waals surface area contributed by atoms with Crippen LogP contribution < -0.4 is 15.2 Å². The maximum absolute atomic E-state index is 13.6. The van der Waals surface area contributed by atoms with Crippen LogP contribution in [0, 0.1) is 5.82 Å². The fourth-order valence-electron chi connectivity index (χ4n) is 3.69. The number of aliphatic hydroxyl groups is 1. The van der Waals surface area contributed by atoms with E-state index in [4.69, 9.17) is 9.88 Å². The first-order chi connectivity index (χ1) is 15.6. The Kier molecular flexibility index (Phi) is 8.38. The summed E-state index contributed by atoms with van der Waals surface area (Å²) in [6, 6.07) is 11.8. The molecule has 1 aliphatic rings. The van der Waals surface area contributed by atoms with Gasteiger partial charge in [0.05, 0.1) is 11.4 Å². The minimum atomic E-state index is -3.78. The van der Waals surface area contributed by atoms with Crippen molar-refractivity contribution in [2.24, 2.45) is 5.14 Å². The van der Waals surface area contributed by atoms with Crippen molar-refractivity contribution in [1.29, 1.82) is 0 Å². The normalized spacial score (nSPS) is 18.6. The Morgan fingerprint density at radius 1 is 1.24 bits per heavy atom. The largest absolute Gasteiger partial charge is 0.488 e. The second-order valence-corrected chi connectivity index (χ2v) is 9.65. The Bertz CT molecular complexity index is 1050. The predicted octanol–water partition coefficient (Wildman–Crippen LogP) is 0.858. The summed E-state index contributed by atoms with van der Waals surface area (Å²) in [6.07, 6.45) is -0.776. The van der Waals surface area contributed by atoms with Gasteiger partial charge < -0.3 is 15.2 Å². The van der Waals surface area contributed by atoms with Crippen LogP contribution in [0.3, 0.4) is 0 Å².